The smallest absolute Gasteiger partial charge is 0.0120 e. The Morgan fingerprint density at radius 2 is 2.00 bits per heavy atom. The number of nitrogens with zero attached hydrogens (tertiary/aromatic N) is 1. The van der Waals surface area contributed by atoms with Crippen molar-refractivity contribution in [2.45, 2.75) is 64.5 Å². The van der Waals surface area contributed by atoms with Gasteiger partial charge in [-0.1, -0.05) is 26.2 Å². The van der Waals surface area contributed by atoms with Crippen LogP contribution in [0.25, 0.3) is 0 Å². The molecule has 1 saturated carbocycles. The predicted octanol–water partition coefficient (Wildman–Crippen LogP) is 2.62. The van der Waals surface area contributed by atoms with E-state index >= 15 is 0 Å². The molecule has 1 rings (SSSR count). The van der Waals surface area contributed by atoms with Gasteiger partial charge in [0.2, 0.25) is 0 Å². The minimum Gasteiger partial charge on any atom is -0.328 e. The molecular formula is C13H28N2. The van der Waals surface area contributed by atoms with Crippen molar-refractivity contribution in [1.82, 2.24) is 4.90 Å². The molecule has 3 unspecified atom stereocenters. The van der Waals surface area contributed by atoms with Gasteiger partial charge in [-0.15, -0.1) is 0 Å². The van der Waals surface area contributed by atoms with Gasteiger partial charge in [-0.25, -0.2) is 0 Å². The van der Waals surface area contributed by atoms with E-state index in [1.54, 1.807) is 0 Å². The van der Waals surface area contributed by atoms with Crippen molar-refractivity contribution in [1.29, 1.82) is 0 Å². The van der Waals surface area contributed by atoms with E-state index in [9.17, 15) is 0 Å². The molecule has 0 heterocycles. The molecule has 1 aliphatic rings. The second-order valence-corrected chi connectivity index (χ2v) is 5.27. The molecule has 0 aromatic carbocycles. The van der Waals surface area contributed by atoms with Crippen LogP contribution < -0.4 is 5.73 Å². The van der Waals surface area contributed by atoms with Crippen molar-refractivity contribution in [3.63, 3.8) is 0 Å². The van der Waals surface area contributed by atoms with Crippen LogP contribution in [0.1, 0.15) is 52.4 Å². The van der Waals surface area contributed by atoms with E-state index in [-0.39, 0.29) is 0 Å². The summed E-state index contributed by atoms with van der Waals surface area (Å²) < 4.78 is 0. The maximum Gasteiger partial charge on any atom is 0.0120 e. The Labute approximate surface area is 95.2 Å². The molecule has 0 radical (unpaired) electrons. The largest absolute Gasteiger partial charge is 0.328 e. The highest BCUT2D eigenvalue weighted by Crippen LogP contribution is 2.30. The molecule has 0 amide bonds. The molecule has 90 valence electrons. The Bertz CT molecular complexity index is 168. The van der Waals surface area contributed by atoms with Gasteiger partial charge in [-0.3, -0.25) is 0 Å². The third-order valence-electron chi connectivity index (χ3n) is 3.90. The molecule has 0 aromatic heterocycles. The lowest BCUT2D eigenvalue weighted by atomic mass is 9.82. The lowest BCUT2D eigenvalue weighted by Gasteiger charge is -2.38. The van der Waals surface area contributed by atoms with Crippen molar-refractivity contribution in [3.05, 3.63) is 0 Å². The first-order valence-electron chi connectivity index (χ1n) is 6.61. The summed E-state index contributed by atoms with van der Waals surface area (Å²) in [6, 6.07) is 1.17. The maximum atomic E-state index is 5.81. The number of hydrogen-bond donors (Lipinski definition) is 1. The average molecular weight is 212 g/mol. The fourth-order valence-corrected chi connectivity index (χ4v) is 2.82. The van der Waals surface area contributed by atoms with E-state index in [0.29, 0.717) is 6.04 Å². The third kappa shape index (κ3) is 4.12. The fraction of sp³-hybridized carbons (Fsp3) is 1.00. The molecular weight excluding hydrogens is 184 g/mol. The molecule has 0 bridgehead atoms. The molecule has 0 saturated heterocycles. The van der Waals surface area contributed by atoms with Gasteiger partial charge in [-0.05, 0) is 45.7 Å². The molecule has 1 aliphatic carbocycles. The van der Waals surface area contributed by atoms with Gasteiger partial charge in [0.1, 0.15) is 0 Å². The highest BCUT2D eigenvalue weighted by Gasteiger charge is 2.26. The highest BCUT2D eigenvalue weighted by atomic mass is 15.1. The van der Waals surface area contributed by atoms with Crippen LogP contribution in [-0.2, 0) is 0 Å². The summed E-state index contributed by atoms with van der Waals surface area (Å²) in [5, 5.41) is 0. The minimum atomic E-state index is 0.344. The molecule has 1 fully saturated rings. The molecule has 0 aromatic rings. The van der Waals surface area contributed by atoms with Crippen LogP contribution in [0.4, 0.5) is 0 Å². The molecule has 2 N–H and O–H groups in total. The lowest BCUT2D eigenvalue weighted by molar-refractivity contribution is 0.124. The monoisotopic (exact) mass is 212 g/mol. The van der Waals surface area contributed by atoms with Crippen LogP contribution in [0.15, 0.2) is 0 Å². The highest BCUT2D eigenvalue weighted by molar-refractivity contribution is 4.81. The Kier molecular flexibility index (Phi) is 5.62. The van der Waals surface area contributed by atoms with E-state index < -0.39 is 0 Å². The first-order chi connectivity index (χ1) is 7.15. The van der Waals surface area contributed by atoms with Crippen molar-refractivity contribution in [3.8, 4) is 0 Å². The van der Waals surface area contributed by atoms with E-state index in [0.717, 1.165) is 18.4 Å². The van der Waals surface area contributed by atoms with E-state index in [1.807, 2.05) is 0 Å². The van der Waals surface area contributed by atoms with Crippen molar-refractivity contribution < 1.29 is 0 Å². The Balaban J connectivity index is 2.37. The second kappa shape index (κ2) is 6.49. The van der Waals surface area contributed by atoms with Crippen LogP contribution in [0.3, 0.4) is 0 Å². The first-order valence-corrected chi connectivity index (χ1v) is 6.61. The Morgan fingerprint density at radius 3 is 2.60 bits per heavy atom. The fourth-order valence-electron chi connectivity index (χ4n) is 2.82. The summed E-state index contributed by atoms with van der Waals surface area (Å²) in [6.07, 6.45) is 8.16. The molecule has 3 atom stereocenters. The number of hydrogen-bond acceptors (Lipinski definition) is 2. The van der Waals surface area contributed by atoms with Crippen LogP contribution in [-0.4, -0.2) is 30.6 Å². The zero-order valence-corrected chi connectivity index (χ0v) is 10.7. The van der Waals surface area contributed by atoms with Gasteiger partial charge in [0.15, 0.2) is 0 Å². The van der Waals surface area contributed by atoms with Crippen molar-refractivity contribution >= 4 is 0 Å². The topological polar surface area (TPSA) is 29.3 Å². The summed E-state index contributed by atoms with van der Waals surface area (Å²) in [4.78, 5) is 2.55. The average Bonchev–Trinajstić information content (AvgIpc) is 2.25. The van der Waals surface area contributed by atoms with E-state index in [1.165, 1.54) is 38.6 Å². The molecule has 0 spiro atoms. The zero-order chi connectivity index (χ0) is 11.3. The molecule has 0 aliphatic heterocycles. The Hall–Kier alpha value is -0.0800. The summed E-state index contributed by atoms with van der Waals surface area (Å²) in [7, 11) is 2.28. The molecule has 2 nitrogen and oxygen atoms in total. The molecule has 15 heavy (non-hydrogen) atoms. The van der Waals surface area contributed by atoms with Gasteiger partial charge in [0, 0.05) is 12.1 Å². The summed E-state index contributed by atoms with van der Waals surface area (Å²) in [6.45, 7) is 5.60. The van der Waals surface area contributed by atoms with Crippen LogP contribution in [0.2, 0.25) is 0 Å². The summed E-state index contributed by atoms with van der Waals surface area (Å²) in [5.41, 5.74) is 5.81. The minimum absolute atomic E-state index is 0.344. The second-order valence-electron chi connectivity index (χ2n) is 5.27. The van der Waals surface area contributed by atoms with Crippen LogP contribution in [0, 0.1) is 5.92 Å². The van der Waals surface area contributed by atoms with Gasteiger partial charge in [-0.2, -0.15) is 0 Å². The summed E-state index contributed by atoms with van der Waals surface area (Å²) in [5.74, 6) is 0.928. The maximum absolute atomic E-state index is 5.81. The normalized spacial score (nSPS) is 29.4. The number of nitrogens with two attached hydrogens (primary N) is 1. The predicted molar refractivity (Wildman–Crippen MR) is 66.9 cm³/mol. The van der Waals surface area contributed by atoms with Crippen molar-refractivity contribution in [2.24, 2.45) is 11.7 Å². The van der Waals surface area contributed by atoms with Gasteiger partial charge in [0.05, 0.1) is 0 Å². The quantitative estimate of drug-likeness (QED) is 0.759. The molecule has 2 heteroatoms. The summed E-state index contributed by atoms with van der Waals surface area (Å²) >= 11 is 0. The lowest BCUT2D eigenvalue weighted by Crippen LogP contribution is -2.41. The van der Waals surface area contributed by atoms with Gasteiger partial charge < -0.3 is 10.6 Å². The standard InChI is InChI=1S/C13H28N2/c1-4-12-7-5-6-8-13(12)15(3)10-9-11(2)14/h11-13H,4-10,14H2,1-3H3. The van der Waals surface area contributed by atoms with Gasteiger partial charge >= 0.3 is 0 Å². The third-order valence-corrected chi connectivity index (χ3v) is 3.90. The first kappa shape index (κ1) is 13.0. The van der Waals surface area contributed by atoms with Crippen molar-refractivity contribution in [2.75, 3.05) is 13.6 Å². The van der Waals surface area contributed by atoms with E-state index in [4.69, 9.17) is 5.73 Å². The number of rotatable bonds is 5. The zero-order valence-electron chi connectivity index (χ0n) is 10.7. The van der Waals surface area contributed by atoms with Gasteiger partial charge in [0.25, 0.3) is 0 Å². The Morgan fingerprint density at radius 1 is 1.33 bits per heavy atom. The van der Waals surface area contributed by atoms with E-state index in [2.05, 4.69) is 25.8 Å². The SMILES string of the molecule is CCC1CCCCC1N(C)CCC(C)N. The van der Waals surface area contributed by atoms with Crippen LogP contribution in [0.5, 0.6) is 0 Å². The van der Waals surface area contributed by atoms with Crippen LogP contribution >= 0.6 is 0 Å².